The molecule has 0 radical (unpaired) electrons. The fourth-order valence-electron chi connectivity index (χ4n) is 2.18. The molecule has 0 saturated carbocycles. The van der Waals surface area contributed by atoms with Crippen molar-refractivity contribution >= 4 is 17.4 Å². The van der Waals surface area contributed by atoms with Crippen molar-refractivity contribution in [3.63, 3.8) is 0 Å². The number of amides is 2. The lowest BCUT2D eigenvalue weighted by molar-refractivity contribution is -0.384. The maximum absolute atomic E-state index is 12.2. The second kappa shape index (κ2) is 6.91. The van der Waals surface area contributed by atoms with Crippen LogP contribution in [-0.4, -0.2) is 20.5 Å². The zero-order valence-corrected chi connectivity index (χ0v) is 13.2. The van der Waals surface area contributed by atoms with Crippen LogP contribution in [0.2, 0.25) is 0 Å². The van der Waals surface area contributed by atoms with E-state index in [1.807, 2.05) is 31.7 Å². The fraction of sp³-hybridized carbons (Fsp3) is 0.333. The van der Waals surface area contributed by atoms with Crippen LogP contribution in [0.4, 0.5) is 16.2 Å². The van der Waals surface area contributed by atoms with E-state index >= 15 is 0 Å². The van der Waals surface area contributed by atoms with Crippen LogP contribution in [0.1, 0.15) is 25.7 Å². The highest BCUT2D eigenvalue weighted by molar-refractivity contribution is 5.89. The van der Waals surface area contributed by atoms with E-state index in [0.717, 1.165) is 5.82 Å². The van der Waals surface area contributed by atoms with Gasteiger partial charge in [0, 0.05) is 37.3 Å². The molecule has 1 aromatic carbocycles. The normalized spacial score (nSPS) is 12.0. The SMILES string of the molecule is CC(C)[C@H](NC(=O)Nc1ccc([N+](=O)[O-])cc1)c1nccn1C. The molecule has 2 rings (SSSR count). The van der Waals surface area contributed by atoms with Crippen molar-refractivity contribution in [2.75, 3.05) is 5.32 Å². The molecule has 0 aliphatic rings. The Kier molecular flexibility index (Phi) is 4.95. The van der Waals surface area contributed by atoms with Gasteiger partial charge in [0.05, 0.1) is 11.0 Å². The number of aryl methyl sites for hydroxylation is 1. The molecule has 1 heterocycles. The summed E-state index contributed by atoms with van der Waals surface area (Å²) in [6, 6.07) is 5.03. The Bertz CT molecular complexity index is 693. The average molecular weight is 317 g/mol. The van der Waals surface area contributed by atoms with Gasteiger partial charge in [-0.15, -0.1) is 0 Å². The Morgan fingerprint density at radius 3 is 2.43 bits per heavy atom. The monoisotopic (exact) mass is 317 g/mol. The minimum Gasteiger partial charge on any atom is -0.336 e. The standard InChI is InChI=1S/C15H19N5O3/c1-10(2)13(14-16-8-9-19(14)3)18-15(21)17-11-4-6-12(7-5-11)20(22)23/h4-10,13H,1-3H3,(H2,17,18,21)/t13-/m0/s1. The molecular weight excluding hydrogens is 298 g/mol. The number of carbonyl (C=O) groups is 1. The van der Waals surface area contributed by atoms with E-state index in [2.05, 4.69) is 15.6 Å². The van der Waals surface area contributed by atoms with E-state index in [-0.39, 0.29) is 23.7 Å². The second-order valence-electron chi connectivity index (χ2n) is 5.52. The van der Waals surface area contributed by atoms with Crippen LogP contribution in [0.5, 0.6) is 0 Å². The highest BCUT2D eigenvalue weighted by Crippen LogP contribution is 2.20. The number of benzene rings is 1. The number of imidazole rings is 1. The van der Waals surface area contributed by atoms with Crippen LogP contribution >= 0.6 is 0 Å². The third-order valence-corrected chi connectivity index (χ3v) is 3.43. The molecule has 0 aliphatic carbocycles. The highest BCUT2D eigenvalue weighted by atomic mass is 16.6. The van der Waals surface area contributed by atoms with Crippen molar-refractivity contribution in [2.24, 2.45) is 13.0 Å². The van der Waals surface area contributed by atoms with Crippen LogP contribution in [0.3, 0.4) is 0 Å². The van der Waals surface area contributed by atoms with Gasteiger partial charge in [0.25, 0.3) is 5.69 Å². The molecule has 2 aromatic rings. The number of anilines is 1. The van der Waals surface area contributed by atoms with E-state index in [4.69, 9.17) is 0 Å². The molecule has 23 heavy (non-hydrogen) atoms. The number of carbonyl (C=O) groups excluding carboxylic acids is 1. The summed E-state index contributed by atoms with van der Waals surface area (Å²) >= 11 is 0. The molecule has 1 atom stereocenters. The van der Waals surface area contributed by atoms with Crippen molar-refractivity contribution in [1.29, 1.82) is 0 Å². The molecule has 2 amide bonds. The van der Waals surface area contributed by atoms with Crippen LogP contribution < -0.4 is 10.6 Å². The first kappa shape index (κ1) is 16.5. The number of hydrogen-bond acceptors (Lipinski definition) is 4. The molecule has 0 saturated heterocycles. The van der Waals surface area contributed by atoms with Gasteiger partial charge < -0.3 is 15.2 Å². The van der Waals surface area contributed by atoms with E-state index < -0.39 is 4.92 Å². The maximum atomic E-state index is 12.2. The van der Waals surface area contributed by atoms with Gasteiger partial charge in [0.2, 0.25) is 0 Å². The zero-order chi connectivity index (χ0) is 17.0. The quantitative estimate of drug-likeness (QED) is 0.654. The molecule has 0 aliphatic heterocycles. The predicted molar refractivity (Wildman–Crippen MR) is 86.0 cm³/mol. The summed E-state index contributed by atoms with van der Waals surface area (Å²) in [5.41, 5.74) is 0.458. The Morgan fingerprint density at radius 1 is 1.30 bits per heavy atom. The number of non-ortho nitro benzene ring substituents is 1. The van der Waals surface area contributed by atoms with E-state index in [1.54, 1.807) is 6.20 Å². The first-order valence-electron chi connectivity index (χ1n) is 7.17. The first-order chi connectivity index (χ1) is 10.9. The van der Waals surface area contributed by atoms with Gasteiger partial charge in [0.1, 0.15) is 5.82 Å². The van der Waals surface area contributed by atoms with Crippen molar-refractivity contribution in [3.05, 3.63) is 52.6 Å². The number of hydrogen-bond donors (Lipinski definition) is 2. The van der Waals surface area contributed by atoms with Gasteiger partial charge in [0.15, 0.2) is 0 Å². The van der Waals surface area contributed by atoms with Crippen LogP contribution in [-0.2, 0) is 7.05 Å². The minimum absolute atomic E-state index is 0.0241. The summed E-state index contributed by atoms with van der Waals surface area (Å²) in [6.45, 7) is 3.98. The van der Waals surface area contributed by atoms with Gasteiger partial charge in [-0.25, -0.2) is 9.78 Å². The number of nitrogens with one attached hydrogen (secondary N) is 2. The summed E-state index contributed by atoms with van der Waals surface area (Å²) in [5.74, 6) is 0.914. The number of nitro groups is 1. The summed E-state index contributed by atoms with van der Waals surface area (Å²) in [5, 5.41) is 16.2. The molecular formula is C15H19N5O3. The predicted octanol–water partition coefficient (Wildman–Crippen LogP) is 2.85. The zero-order valence-electron chi connectivity index (χ0n) is 13.2. The lowest BCUT2D eigenvalue weighted by atomic mass is 10.0. The fourth-order valence-corrected chi connectivity index (χ4v) is 2.18. The van der Waals surface area contributed by atoms with E-state index in [1.165, 1.54) is 24.3 Å². The lowest BCUT2D eigenvalue weighted by Gasteiger charge is -2.22. The summed E-state index contributed by atoms with van der Waals surface area (Å²) in [7, 11) is 1.87. The van der Waals surface area contributed by atoms with Crippen LogP contribution in [0.15, 0.2) is 36.7 Å². The molecule has 8 heteroatoms. The van der Waals surface area contributed by atoms with Crippen LogP contribution in [0, 0.1) is 16.0 Å². The number of nitro benzene ring substituents is 1. The van der Waals surface area contributed by atoms with Gasteiger partial charge in [-0.05, 0) is 18.1 Å². The highest BCUT2D eigenvalue weighted by Gasteiger charge is 2.22. The van der Waals surface area contributed by atoms with Crippen molar-refractivity contribution in [1.82, 2.24) is 14.9 Å². The lowest BCUT2D eigenvalue weighted by Crippen LogP contribution is -2.36. The smallest absolute Gasteiger partial charge is 0.319 e. The number of aromatic nitrogens is 2. The molecule has 0 fully saturated rings. The minimum atomic E-state index is -0.486. The molecule has 0 spiro atoms. The number of urea groups is 1. The van der Waals surface area contributed by atoms with Crippen molar-refractivity contribution in [2.45, 2.75) is 19.9 Å². The number of nitrogens with zero attached hydrogens (tertiary/aromatic N) is 3. The third-order valence-electron chi connectivity index (χ3n) is 3.43. The Morgan fingerprint density at radius 2 is 1.96 bits per heavy atom. The van der Waals surface area contributed by atoms with Crippen molar-refractivity contribution < 1.29 is 9.72 Å². The van der Waals surface area contributed by atoms with Gasteiger partial charge in [-0.3, -0.25) is 10.1 Å². The molecule has 2 N–H and O–H groups in total. The summed E-state index contributed by atoms with van der Waals surface area (Å²) in [4.78, 5) is 26.6. The molecule has 1 aromatic heterocycles. The molecule has 0 unspecified atom stereocenters. The maximum Gasteiger partial charge on any atom is 0.319 e. The Hall–Kier alpha value is -2.90. The van der Waals surface area contributed by atoms with Crippen LogP contribution in [0.25, 0.3) is 0 Å². The topological polar surface area (TPSA) is 102 Å². The summed E-state index contributed by atoms with van der Waals surface area (Å²) in [6.07, 6.45) is 3.50. The van der Waals surface area contributed by atoms with Gasteiger partial charge >= 0.3 is 6.03 Å². The summed E-state index contributed by atoms with van der Waals surface area (Å²) < 4.78 is 1.86. The van der Waals surface area contributed by atoms with Gasteiger partial charge in [-0.2, -0.15) is 0 Å². The first-order valence-corrected chi connectivity index (χ1v) is 7.17. The number of rotatable bonds is 5. The van der Waals surface area contributed by atoms with E-state index in [9.17, 15) is 14.9 Å². The average Bonchev–Trinajstić information content (AvgIpc) is 2.91. The second-order valence-corrected chi connectivity index (χ2v) is 5.52. The van der Waals surface area contributed by atoms with E-state index in [0.29, 0.717) is 5.69 Å². The molecule has 0 bridgehead atoms. The third kappa shape index (κ3) is 4.06. The Balaban J connectivity index is 2.05. The van der Waals surface area contributed by atoms with Crippen molar-refractivity contribution in [3.8, 4) is 0 Å². The molecule has 122 valence electrons. The largest absolute Gasteiger partial charge is 0.336 e. The Labute approximate surface area is 133 Å². The molecule has 8 nitrogen and oxygen atoms in total. The van der Waals surface area contributed by atoms with Gasteiger partial charge in [-0.1, -0.05) is 13.8 Å².